The van der Waals surface area contributed by atoms with Crippen LogP contribution in [0.5, 0.6) is 0 Å². The van der Waals surface area contributed by atoms with E-state index in [4.69, 9.17) is 14.0 Å². The molecule has 1 rings (SSSR count). The Morgan fingerprint density at radius 1 is 1.22 bits per heavy atom. The van der Waals surface area contributed by atoms with Crippen LogP contribution in [0.15, 0.2) is 12.2 Å². The average molecular weight is 406 g/mol. The molecule has 1 aliphatic rings. The summed E-state index contributed by atoms with van der Waals surface area (Å²) in [7, 11) is -3.86. The molecule has 156 valence electrons. The summed E-state index contributed by atoms with van der Waals surface area (Å²) in [6.07, 6.45) is 6.75. The molecule has 1 saturated carbocycles. The average Bonchev–Trinajstić information content (AvgIpc) is 2.48. The Hall–Kier alpha value is -1.61. The summed E-state index contributed by atoms with van der Waals surface area (Å²) in [6, 6.07) is -0.728. The van der Waals surface area contributed by atoms with Gasteiger partial charge in [-0.25, -0.2) is 9.59 Å². The number of aliphatic carboxylic acids is 1. The van der Waals surface area contributed by atoms with Crippen LogP contribution < -0.4 is 5.32 Å². The molecule has 8 nitrogen and oxygen atoms in total. The van der Waals surface area contributed by atoms with Crippen molar-refractivity contribution in [3.8, 4) is 0 Å². The van der Waals surface area contributed by atoms with Gasteiger partial charge in [0, 0.05) is 6.08 Å². The lowest BCUT2D eigenvalue weighted by molar-refractivity contribution is -0.131. The second-order valence-electron chi connectivity index (χ2n) is 7.95. The topological polar surface area (TPSA) is 119 Å². The van der Waals surface area contributed by atoms with Gasteiger partial charge in [-0.1, -0.05) is 32.1 Å². The van der Waals surface area contributed by atoms with Gasteiger partial charge in [0.2, 0.25) is 0 Å². The standard InChI is InChI=1S/C18H31NO7S/c1-18(2,3)25-17(22)19-14(12-13-8-6-5-7-9-13)15(10-11-16(20)21)26-27(4,23)24/h10-11,13-15H,5-9,12H2,1-4H3,(H,19,22)(H,20,21)/b11-10+. The second-order valence-corrected chi connectivity index (χ2v) is 9.56. The van der Waals surface area contributed by atoms with Gasteiger partial charge in [-0.2, -0.15) is 8.42 Å². The lowest BCUT2D eigenvalue weighted by Gasteiger charge is -2.31. The molecule has 2 N–H and O–H groups in total. The highest BCUT2D eigenvalue weighted by Crippen LogP contribution is 2.29. The van der Waals surface area contributed by atoms with E-state index in [0.29, 0.717) is 12.3 Å². The summed E-state index contributed by atoms with van der Waals surface area (Å²) in [5, 5.41) is 11.6. The maximum atomic E-state index is 12.2. The molecular formula is C18H31NO7S. The highest BCUT2D eigenvalue weighted by atomic mass is 32.2. The van der Waals surface area contributed by atoms with E-state index in [1.165, 1.54) is 0 Å². The third-order valence-electron chi connectivity index (χ3n) is 4.13. The molecule has 0 aromatic heterocycles. The Morgan fingerprint density at radius 3 is 2.30 bits per heavy atom. The van der Waals surface area contributed by atoms with E-state index in [2.05, 4.69) is 5.32 Å². The molecule has 0 spiro atoms. The van der Waals surface area contributed by atoms with E-state index in [-0.39, 0.29) is 0 Å². The van der Waals surface area contributed by atoms with Gasteiger partial charge in [-0.05, 0) is 39.2 Å². The molecule has 2 atom stereocenters. The van der Waals surface area contributed by atoms with Crippen LogP contribution in [0.2, 0.25) is 0 Å². The van der Waals surface area contributed by atoms with Crippen LogP contribution >= 0.6 is 0 Å². The minimum absolute atomic E-state index is 0.294. The van der Waals surface area contributed by atoms with Crippen LogP contribution in [0.25, 0.3) is 0 Å². The highest BCUT2D eigenvalue weighted by molar-refractivity contribution is 7.86. The summed E-state index contributed by atoms with van der Waals surface area (Å²) in [4.78, 5) is 23.1. The molecule has 0 aromatic rings. The number of ether oxygens (including phenoxy) is 1. The fraction of sp³-hybridized carbons (Fsp3) is 0.778. The molecule has 1 aliphatic carbocycles. The summed E-state index contributed by atoms with van der Waals surface area (Å²) >= 11 is 0. The zero-order valence-electron chi connectivity index (χ0n) is 16.4. The lowest BCUT2D eigenvalue weighted by atomic mass is 9.83. The summed E-state index contributed by atoms with van der Waals surface area (Å²) < 4.78 is 33.6. The number of nitrogens with one attached hydrogen (secondary N) is 1. The summed E-state index contributed by atoms with van der Waals surface area (Å²) in [5.74, 6) is -0.937. The number of carboxylic acid groups (broad SMARTS) is 1. The third-order valence-corrected chi connectivity index (χ3v) is 4.70. The number of alkyl carbamates (subject to hydrolysis) is 1. The smallest absolute Gasteiger partial charge is 0.407 e. The van der Waals surface area contributed by atoms with E-state index < -0.39 is 39.9 Å². The van der Waals surface area contributed by atoms with Crippen molar-refractivity contribution in [3.63, 3.8) is 0 Å². The number of carbonyl (C=O) groups excluding carboxylic acids is 1. The molecule has 0 saturated heterocycles. The van der Waals surface area contributed by atoms with Crippen molar-refractivity contribution < 1.29 is 32.0 Å². The molecule has 0 bridgehead atoms. The predicted molar refractivity (Wildman–Crippen MR) is 101 cm³/mol. The lowest BCUT2D eigenvalue weighted by Crippen LogP contribution is -2.47. The molecular weight excluding hydrogens is 374 g/mol. The molecule has 9 heteroatoms. The highest BCUT2D eigenvalue weighted by Gasteiger charge is 2.30. The van der Waals surface area contributed by atoms with Crippen LogP contribution in [0.4, 0.5) is 4.79 Å². The number of carboxylic acids is 1. The molecule has 0 radical (unpaired) electrons. The van der Waals surface area contributed by atoms with Crippen molar-refractivity contribution in [1.82, 2.24) is 5.32 Å². The van der Waals surface area contributed by atoms with Crippen LogP contribution in [0, 0.1) is 5.92 Å². The molecule has 0 aliphatic heterocycles. The van der Waals surface area contributed by atoms with Crippen molar-refractivity contribution in [2.45, 2.75) is 77.0 Å². The summed E-state index contributed by atoms with van der Waals surface area (Å²) in [6.45, 7) is 5.16. The van der Waals surface area contributed by atoms with E-state index in [0.717, 1.165) is 50.5 Å². The van der Waals surface area contributed by atoms with Crippen molar-refractivity contribution >= 4 is 22.2 Å². The van der Waals surface area contributed by atoms with E-state index in [9.17, 15) is 18.0 Å². The van der Waals surface area contributed by atoms with Gasteiger partial charge in [0.05, 0.1) is 12.3 Å². The zero-order valence-corrected chi connectivity index (χ0v) is 17.3. The molecule has 1 amide bonds. The zero-order chi connectivity index (χ0) is 20.7. The van der Waals surface area contributed by atoms with Gasteiger partial charge in [-0.3, -0.25) is 4.18 Å². The number of hydrogen-bond donors (Lipinski definition) is 2. The van der Waals surface area contributed by atoms with Crippen molar-refractivity contribution in [1.29, 1.82) is 0 Å². The van der Waals surface area contributed by atoms with Gasteiger partial charge in [0.25, 0.3) is 10.1 Å². The van der Waals surface area contributed by atoms with E-state index in [1.54, 1.807) is 20.8 Å². The van der Waals surface area contributed by atoms with Gasteiger partial charge < -0.3 is 15.2 Å². The Kier molecular flexibility index (Phi) is 8.74. The Bertz CT molecular complexity index is 631. The minimum Gasteiger partial charge on any atom is -0.478 e. The molecule has 2 unspecified atom stereocenters. The van der Waals surface area contributed by atoms with Crippen LogP contribution in [-0.4, -0.2) is 49.6 Å². The number of hydrogen-bond acceptors (Lipinski definition) is 6. The van der Waals surface area contributed by atoms with Crippen LogP contribution in [-0.2, 0) is 23.8 Å². The van der Waals surface area contributed by atoms with Crippen molar-refractivity contribution in [2.24, 2.45) is 5.92 Å². The Labute approximate surface area is 161 Å². The maximum Gasteiger partial charge on any atom is 0.407 e. The fourth-order valence-electron chi connectivity index (χ4n) is 3.13. The first-order chi connectivity index (χ1) is 12.4. The Morgan fingerprint density at radius 2 is 1.81 bits per heavy atom. The Balaban J connectivity index is 3.03. The van der Waals surface area contributed by atoms with E-state index in [1.807, 2.05) is 0 Å². The molecule has 0 aromatic carbocycles. The quantitative estimate of drug-likeness (QED) is 0.471. The van der Waals surface area contributed by atoms with Crippen molar-refractivity contribution in [3.05, 3.63) is 12.2 Å². The summed E-state index contributed by atoms with van der Waals surface area (Å²) in [5.41, 5.74) is -0.719. The van der Waals surface area contributed by atoms with Gasteiger partial charge in [0.1, 0.15) is 11.7 Å². The monoisotopic (exact) mass is 405 g/mol. The molecule has 0 heterocycles. The first-order valence-electron chi connectivity index (χ1n) is 9.14. The van der Waals surface area contributed by atoms with Gasteiger partial charge in [-0.15, -0.1) is 0 Å². The normalized spacial score (nSPS) is 18.8. The second kappa shape index (κ2) is 10.1. The largest absolute Gasteiger partial charge is 0.478 e. The minimum atomic E-state index is -3.86. The van der Waals surface area contributed by atoms with Crippen LogP contribution in [0.1, 0.15) is 59.3 Å². The fourth-order valence-corrected chi connectivity index (χ4v) is 3.73. The van der Waals surface area contributed by atoms with Gasteiger partial charge in [0.15, 0.2) is 0 Å². The third kappa shape index (κ3) is 11.0. The number of carbonyl (C=O) groups is 2. The van der Waals surface area contributed by atoms with Crippen LogP contribution in [0.3, 0.4) is 0 Å². The van der Waals surface area contributed by atoms with E-state index >= 15 is 0 Å². The number of rotatable bonds is 8. The molecule has 1 fully saturated rings. The predicted octanol–water partition coefficient (Wildman–Crippen LogP) is 2.84. The van der Waals surface area contributed by atoms with Crippen molar-refractivity contribution in [2.75, 3.05) is 6.26 Å². The first-order valence-corrected chi connectivity index (χ1v) is 11.0. The first kappa shape index (κ1) is 23.4. The maximum absolute atomic E-state index is 12.2. The SMILES string of the molecule is CC(C)(C)OC(=O)NC(CC1CCCCC1)C(/C=C/C(=O)O)OS(C)(=O)=O. The molecule has 27 heavy (non-hydrogen) atoms. The number of amides is 1. The van der Waals surface area contributed by atoms with Gasteiger partial charge >= 0.3 is 12.1 Å².